The highest BCUT2D eigenvalue weighted by molar-refractivity contribution is 5.93. The van der Waals surface area contributed by atoms with Gasteiger partial charge in [0.05, 0.1) is 6.61 Å². The molecule has 0 aliphatic carbocycles. The molecule has 0 aromatic heterocycles. The molecule has 5 heteroatoms. The fourth-order valence-electron chi connectivity index (χ4n) is 3.19. The summed E-state index contributed by atoms with van der Waals surface area (Å²) < 4.78 is 5.51. The third-order valence-corrected chi connectivity index (χ3v) is 4.66. The van der Waals surface area contributed by atoms with E-state index in [0.29, 0.717) is 24.3 Å². The first kappa shape index (κ1) is 19.4. The highest BCUT2D eigenvalue weighted by Crippen LogP contribution is 2.18. The maximum Gasteiger partial charge on any atom is 0.253 e. The van der Waals surface area contributed by atoms with Gasteiger partial charge in [0.25, 0.3) is 5.91 Å². The number of nitrogens with zero attached hydrogens (tertiary/aromatic N) is 2. The number of carbonyl (C=O) groups is 2. The highest BCUT2D eigenvalue weighted by atomic mass is 16.5. The van der Waals surface area contributed by atoms with Crippen LogP contribution in [0.5, 0.6) is 0 Å². The molecule has 0 spiro atoms. The van der Waals surface area contributed by atoms with Crippen molar-refractivity contribution in [1.29, 1.82) is 0 Å². The Hall–Kier alpha value is -1.88. The number of hydrogen-bond acceptors (Lipinski definition) is 3. The summed E-state index contributed by atoms with van der Waals surface area (Å²) in [5, 5.41) is 0. The summed E-state index contributed by atoms with van der Waals surface area (Å²) in [4.78, 5) is 27.9. The van der Waals surface area contributed by atoms with Gasteiger partial charge in [-0.25, -0.2) is 0 Å². The number of ether oxygens (including phenoxy) is 1. The van der Waals surface area contributed by atoms with Crippen LogP contribution in [-0.2, 0) is 16.0 Å². The molecule has 2 rings (SSSR count). The van der Waals surface area contributed by atoms with Crippen molar-refractivity contribution in [1.82, 2.24) is 9.80 Å². The molecule has 1 aliphatic heterocycles. The molecule has 0 bridgehead atoms. The minimum absolute atomic E-state index is 0.00344. The second kappa shape index (κ2) is 9.56. The van der Waals surface area contributed by atoms with Crippen LogP contribution in [0.1, 0.15) is 42.1 Å². The standard InChI is InChI=1S/C20H30N2O3/c1-4-25-15-17-6-5-13-22(14-17)19(23)12-9-16-7-10-18(11-8-16)20(24)21(2)3/h7-8,10-11,17H,4-6,9,12-15H2,1-3H3. The first-order valence-corrected chi connectivity index (χ1v) is 9.17. The molecule has 5 nitrogen and oxygen atoms in total. The molecule has 0 radical (unpaired) electrons. The average Bonchev–Trinajstić information content (AvgIpc) is 2.64. The molecule has 2 amide bonds. The number of carbonyl (C=O) groups excluding carboxylic acids is 2. The van der Waals surface area contributed by atoms with Gasteiger partial charge in [-0.1, -0.05) is 12.1 Å². The quantitative estimate of drug-likeness (QED) is 0.762. The smallest absolute Gasteiger partial charge is 0.253 e. The SMILES string of the molecule is CCOCC1CCCN(C(=O)CCc2ccc(C(=O)N(C)C)cc2)C1. The molecule has 0 N–H and O–H groups in total. The Morgan fingerprint density at radius 3 is 2.60 bits per heavy atom. The maximum atomic E-state index is 12.5. The minimum atomic E-state index is -0.00344. The highest BCUT2D eigenvalue weighted by Gasteiger charge is 2.23. The van der Waals surface area contributed by atoms with Gasteiger partial charge in [0, 0.05) is 45.8 Å². The van der Waals surface area contributed by atoms with Gasteiger partial charge in [-0.3, -0.25) is 9.59 Å². The van der Waals surface area contributed by atoms with Gasteiger partial charge in [-0.05, 0) is 49.8 Å². The summed E-state index contributed by atoms with van der Waals surface area (Å²) >= 11 is 0. The van der Waals surface area contributed by atoms with E-state index in [9.17, 15) is 9.59 Å². The second-order valence-electron chi connectivity index (χ2n) is 6.90. The third kappa shape index (κ3) is 5.85. The fourth-order valence-corrected chi connectivity index (χ4v) is 3.19. The van der Waals surface area contributed by atoms with Gasteiger partial charge in [-0.15, -0.1) is 0 Å². The zero-order valence-electron chi connectivity index (χ0n) is 15.7. The monoisotopic (exact) mass is 346 g/mol. The van der Waals surface area contributed by atoms with Crippen molar-refractivity contribution < 1.29 is 14.3 Å². The van der Waals surface area contributed by atoms with Crippen molar-refractivity contribution in [3.8, 4) is 0 Å². The maximum absolute atomic E-state index is 12.5. The Kier molecular flexibility index (Phi) is 7.44. The Morgan fingerprint density at radius 2 is 1.96 bits per heavy atom. The van der Waals surface area contributed by atoms with E-state index in [-0.39, 0.29) is 11.8 Å². The van der Waals surface area contributed by atoms with E-state index in [4.69, 9.17) is 4.74 Å². The Balaban J connectivity index is 1.82. The molecule has 1 heterocycles. The lowest BCUT2D eigenvalue weighted by Crippen LogP contribution is -2.41. The number of amides is 2. The number of rotatable bonds is 7. The molecule has 1 unspecified atom stereocenters. The van der Waals surface area contributed by atoms with Gasteiger partial charge in [0.2, 0.25) is 5.91 Å². The van der Waals surface area contributed by atoms with Gasteiger partial charge in [0.15, 0.2) is 0 Å². The number of piperidine rings is 1. The van der Waals surface area contributed by atoms with E-state index >= 15 is 0 Å². The van der Waals surface area contributed by atoms with Crippen LogP contribution in [0.4, 0.5) is 0 Å². The summed E-state index contributed by atoms with van der Waals surface area (Å²) in [6.45, 7) is 5.16. The largest absolute Gasteiger partial charge is 0.381 e. The molecule has 0 saturated carbocycles. The van der Waals surface area contributed by atoms with Crippen LogP contribution in [0.15, 0.2) is 24.3 Å². The lowest BCUT2D eigenvalue weighted by molar-refractivity contribution is -0.133. The van der Waals surface area contributed by atoms with E-state index in [2.05, 4.69) is 0 Å². The summed E-state index contributed by atoms with van der Waals surface area (Å²) in [6.07, 6.45) is 3.43. The van der Waals surface area contributed by atoms with E-state index in [1.807, 2.05) is 36.1 Å². The predicted molar refractivity (Wildman–Crippen MR) is 98.6 cm³/mol. The summed E-state index contributed by atoms with van der Waals surface area (Å²) in [5.41, 5.74) is 1.77. The summed E-state index contributed by atoms with van der Waals surface area (Å²) in [5.74, 6) is 0.680. The molecular formula is C20H30N2O3. The van der Waals surface area contributed by atoms with Crippen LogP contribution in [0, 0.1) is 5.92 Å². The van der Waals surface area contributed by atoms with Crippen molar-refractivity contribution >= 4 is 11.8 Å². The number of hydrogen-bond donors (Lipinski definition) is 0. The molecule has 138 valence electrons. The predicted octanol–water partition coefficient (Wildman–Crippen LogP) is 2.60. The molecule has 1 aromatic carbocycles. The molecule has 25 heavy (non-hydrogen) atoms. The van der Waals surface area contributed by atoms with Crippen molar-refractivity contribution in [3.63, 3.8) is 0 Å². The van der Waals surface area contributed by atoms with Crippen molar-refractivity contribution in [3.05, 3.63) is 35.4 Å². The van der Waals surface area contributed by atoms with Crippen LogP contribution >= 0.6 is 0 Å². The Morgan fingerprint density at radius 1 is 1.24 bits per heavy atom. The summed E-state index contributed by atoms with van der Waals surface area (Å²) in [7, 11) is 3.48. The lowest BCUT2D eigenvalue weighted by Gasteiger charge is -2.32. The fraction of sp³-hybridized carbons (Fsp3) is 0.600. The van der Waals surface area contributed by atoms with Crippen LogP contribution in [0.25, 0.3) is 0 Å². The average molecular weight is 346 g/mol. The molecule has 1 aromatic rings. The normalized spacial score (nSPS) is 17.4. The Labute approximate surface area is 150 Å². The van der Waals surface area contributed by atoms with Gasteiger partial charge in [0.1, 0.15) is 0 Å². The van der Waals surface area contributed by atoms with Crippen LogP contribution in [0.2, 0.25) is 0 Å². The number of benzene rings is 1. The third-order valence-electron chi connectivity index (χ3n) is 4.66. The number of likely N-dealkylation sites (tertiary alicyclic amines) is 1. The van der Waals surface area contributed by atoms with Crippen molar-refractivity contribution in [2.24, 2.45) is 5.92 Å². The molecule has 1 fully saturated rings. The first-order valence-electron chi connectivity index (χ1n) is 9.17. The van der Waals surface area contributed by atoms with E-state index in [1.165, 1.54) is 0 Å². The molecule has 1 aliphatic rings. The van der Waals surface area contributed by atoms with Gasteiger partial charge < -0.3 is 14.5 Å². The molecule has 1 atom stereocenters. The van der Waals surface area contributed by atoms with E-state index in [1.54, 1.807) is 19.0 Å². The van der Waals surface area contributed by atoms with Crippen LogP contribution < -0.4 is 0 Å². The van der Waals surface area contributed by atoms with Crippen molar-refractivity contribution in [2.75, 3.05) is 40.4 Å². The van der Waals surface area contributed by atoms with E-state index in [0.717, 1.165) is 44.7 Å². The van der Waals surface area contributed by atoms with Gasteiger partial charge >= 0.3 is 0 Å². The lowest BCUT2D eigenvalue weighted by atomic mass is 9.98. The first-order chi connectivity index (χ1) is 12.0. The topological polar surface area (TPSA) is 49.9 Å². The van der Waals surface area contributed by atoms with E-state index < -0.39 is 0 Å². The van der Waals surface area contributed by atoms with Crippen molar-refractivity contribution in [2.45, 2.75) is 32.6 Å². The van der Waals surface area contributed by atoms with Gasteiger partial charge in [-0.2, -0.15) is 0 Å². The minimum Gasteiger partial charge on any atom is -0.381 e. The molecular weight excluding hydrogens is 316 g/mol. The second-order valence-corrected chi connectivity index (χ2v) is 6.90. The zero-order chi connectivity index (χ0) is 18.2. The van der Waals surface area contributed by atoms with Crippen LogP contribution in [-0.4, -0.2) is 62.0 Å². The molecule has 1 saturated heterocycles. The zero-order valence-corrected chi connectivity index (χ0v) is 15.7. The van der Waals surface area contributed by atoms with Crippen LogP contribution in [0.3, 0.4) is 0 Å². The Bertz CT molecular complexity index is 569. The summed E-state index contributed by atoms with van der Waals surface area (Å²) in [6, 6.07) is 7.55. The number of aryl methyl sites for hydroxylation is 1.